The average molecular weight is 203 g/mol. The molecule has 0 radical (unpaired) electrons. The van der Waals surface area contributed by atoms with Crippen molar-refractivity contribution in [1.29, 1.82) is 0 Å². The van der Waals surface area contributed by atoms with Gasteiger partial charge in [-0.25, -0.2) is 0 Å². The Bertz CT molecular complexity index is 328. The normalized spacial score (nSPS) is 13.3. The van der Waals surface area contributed by atoms with Gasteiger partial charge in [-0.05, 0) is 19.4 Å². The molecule has 0 aliphatic heterocycles. The summed E-state index contributed by atoms with van der Waals surface area (Å²) in [6.45, 7) is 10.9. The third-order valence-corrected chi connectivity index (χ3v) is 2.14. The van der Waals surface area contributed by atoms with Crippen LogP contribution in [0, 0.1) is 5.41 Å². The molecule has 0 atom stereocenters. The molecule has 0 bridgehead atoms. The fourth-order valence-electron chi connectivity index (χ4n) is 1.56. The van der Waals surface area contributed by atoms with Gasteiger partial charge in [0.2, 0.25) is 0 Å². The molecule has 0 N–H and O–H groups in total. The zero-order valence-corrected chi connectivity index (χ0v) is 10.4. The Kier molecular flexibility index (Phi) is 3.67. The van der Waals surface area contributed by atoms with Gasteiger partial charge < -0.3 is 0 Å². The van der Waals surface area contributed by atoms with E-state index in [9.17, 15) is 0 Å². The highest BCUT2D eigenvalue weighted by atomic mass is 14.8. The fraction of sp³-hybridized carbons (Fsp3) is 0.500. The lowest BCUT2D eigenvalue weighted by atomic mass is 9.85. The Hall–Kier alpha value is -1.11. The summed E-state index contributed by atoms with van der Waals surface area (Å²) in [5.74, 6) is 0. The molecule has 0 aliphatic rings. The smallest absolute Gasteiger partial charge is 0.0477 e. The highest BCUT2D eigenvalue weighted by Crippen LogP contribution is 2.22. The lowest BCUT2D eigenvalue weighted by Gasteiger charge is -2.23. The minimum atomic E-state index is 0.103. The van der Waals surface area contributed by atoms with Gasteiger partial charge in [-0.3, -0.25) is 4.99 Å². The van der Waals surface area contributed by atoms with Gasteiger partial charge in [-0.1, -0.05) is 51.1 Å². The van der Waals surface area contributed by atoms with Gasteiger partial charge in [0.15, 0.2) is 0 Å². The molecule has 0 spiro atoms. The van der Waals surface area contributed by atoms with Crippen molar-refractivity contribution in [2.75, 3.05) is 0 Å². The van der Waals surface area contributed by atoms with Crippen LogP contribution in [0.5, 0.6) is 0 Å². The molecule has 0 aliphatic carbocycles. The van der Waals surface area contributed by atoms with Crippen LogP contribution in [0.2, 0.25) is 0 Å². The van der Waals surface area contributed by atoms with Crippen LogP contribution in [-0.4, -0.2) is 11.8 Å². The van der Waals surface area contributed by atoms with Crippen LogP contribution in [0.3, 0.4) is 0 Å². The Morgan fingerprint density at radius 3 is 2.00 bits per heavy atom. The Morgan fingerprint density at radius 2 is 1.60 bits per heavy atom. The quantitative estimate of drug-likeness (QED) is 0.646. The first-order valence-electron chi connectivity index (χ1n) is 5.55. The molecule has 0 amide bonds. The molecule has 0 aromatic heterocycles. The topological polar surface area (TPSA) is 12.4 Å². The first-order valence-corrected chi connectivity index (χ1v) is 5.55. The maximum absolute atomic E-state index is 4.74. The van der Waals surface area contributed by atoms with E-state index in [0.717, 1.165) is 0 Å². The average Bonchev–Trinajstić information content (AvgIpc) is 2.14. The van der Waals surface area contributed by atoms with E-state index in [1.165, 1.54) is 11.3 Å². The number of rotatable bonds is 2. The van der Waals surface area contributed by atoms with E-state index in [0.29, 0.717) is 6.04 Å². The maximum atomic E-state index is 4.74. The molecule has 1 aromatic rings. The SMILES string of the molecule is CC(C)N=C(c1ccccc1)C(C)(C)C. The molecule has 0 saturated carbocycles. The molecule has 1 rings (SSSR count). The van der Waals surface area contributed by atoms with E-state index < -0.39 is 0 Å². The van der Waals surface area contributed by atoms with Crippen LogP contribution in [-0.2, 0) is 0 Å². The molecule has 1 nitrogen and oxygen atoms in total. The second kappa shape index (κ2) is 4.61. The number of hydrogen-bond acceptors (Lipinski definition) is 1. The van der Waals surface area contributed by atoms with Gasteiger partial charge in [0, 0.05) is 17.2 Å². The molecule has 1 heteroatoms. The van der Waals surface area contributed by atoms with Crippen LogP contribution in [0.1, 0.15) is 40.2 Å². The van der Waals surface area contributed by atoms with E-state index in [2.05, 4.69) is 58.9 Å². The minimum Gasteiger partial charge on any atom is -0.286 e. The third-order valence-electron chi connectivity index (χ3n) is 2.14. The van der Waals surface area contributed by atoms with Gasteiger partial charge >= 0.3 is 0 Å². The second-order valence-electron chi connectivity index (χ2n) is 5.19. The minimum absolute atomic E-state index is 0.103. The predicted molar refractivity (Wildman–Crippen MR) is 67.6 cm³/mol. The summed E-state index contributed by atoms with van der Waals surface area (Å²) < 4.78 is 0. The van der Waals surface area contributed by atoms with Gasteiger partial charge in [0.25, 0.3) is 0 Å². The van der Waals surface area contributed by atoms with Crippen molar-refractivity contribution < 1.29 is 0 Å². The Labute approximate surface area is 93.2 Å². The third kappa shape index (κ3) is 3.50. The van der Waals surface area contributed by atoms with Crippen LogP contribution >= 0.6 is 0 Å². The molecular weight excluding hydrogens is 182 g/mol. The zero-order chi connectivity index (χ0) is 11.5. The second-order valence-corrected chi connectivity index (χ2v) is 5.19. The molecule has 82 valence electrons. The standard InChI is InChI=1S/C14H21N/c1-11(2)15-13(14(3,4)5)12-9-7-6-8-10-12/h6-11H,1-5H3. The van der Waals surface area contributed by atoms with E-state index in [4.69, 9.17) is 4.99 Å². The van der Waals surface area contributed by atoms with Crippen molar-refractivity contribution in [2.45, 2.75) is 40.7 Å². The first kappa shape index (κ1) is 12.0. The molecular formula is C14H21N. The number of aliphatic imine (C=N–C) groups is 1. The van der Waals surface area contributed by atoms with E-state index in [-0.39, 0.29) is 5.41 Å². The number of nitrogens with zero attached hydrogens (tertiary/aromatic N) is 1. The zero-order valence-electron chi connectivity index (χ0n) is 10.4. The monoisotopic (exact) mass is 203 g/mol. The van der Waals surface area contributed by atoms with Crippen LogP contribution in [0.25, 0.3) is 0 Å². The van der Waals surface area contributed by atoms with E-state index in [1.807, 2.05) is 6.07 Å². The van der Waals surface area contributed by atoms with Crippen molar-refractivity contribution in [3.63, 3.8) is 0 Å². The highest BCUT2D eigenvalue weighted by molar-refractivity contribution is 6.04. The largest absolute Gasteiger partial charge is 0.286 e. The molecule has 0 saturated heterocycles. The van der Waals surface area contributed by atoms with Gasteiger partial charge in [-0.15, -0.1) is 0 Å². The van der Waals surface area contributed by atoms with Crippen molar-refractivity contribution in [3.05, 3.63) is 35.9 Å². The summed E-state index contributed by atoms with van der Waals surface area (Å²) in [5, 5.41) is 0. The number of benzene rings is 1. The Morgan fingerprint density at radius 1 is 1.07 bits per heavy atom. The number of hydrogen-bond donors (Lipinski definition) is 0. The summed E-state index contributed by atoms with van der Waals surface area (Å²) in [7, 11) is 0. The molecule has 15 heavy (non-hydrogen) atoms. The summed E-state index contributed by atoms with van der Waals surface area (Å²) in [6.07, 6.45) is 0. The lowest BCUT2D eigenvalue weighted by Crippen LogP contribution is -2.23. The summed E-state index contributed by atoms with van der Waals surface area (Å²) in [4.78, 5) is 4.74. The van der Waals surface area contributed by atoms with Gasteiger partial charge in [-0.2, -0.15) is 0 Å². The molecule has 1 aromatic carbocycles. The van der Waals surface area contributed by atoms with Gasteiger partial charge in [0.1, 0.15) is 0 Å². The highest BCUT2D eigenvalue weighted by Gasteiger charge is 2.20. The summed E-state index contributed by atoms with van der Waals surface area (Å²) in [6, 6.07) is 10.8. The predicted octanol–water partition coefficient (Wildman–Crippen LogP) is 3.93. The van der Waals surface area contributed by atoms with Crippen molar-refractivity contribution >= 4 is 5.71 Å². The van der Waals surface area contributed by atoms with E-state index in [1.54, 1.807) is 0 Å². The Balaban J connectivity index is 3.15. The summed E-state index contributed by atoms with van der Waals surface area (Å²) in [5.41, 5.74) is 2.53. The maximum Gasteiger partial charge on any atom is 0.0477 e. The van der Waals surface area contributed by atoms with Crippen molar-refractivity contribution in [3.8, 4) is 0 Å². The van der Waals surface area contributed by atoms with Crippen molar-refractivity contribution in [1.82, 2.24) is 0 Å². The first-order chi connectivity index (χ1) is 6.91. The van der Waals surface area contributed by atoms with Gasteiger partial charge in [0.05, 0.1) is 0 Å². The molecule has 0 fully saturated rings. The molecule has 0 unspecified atom stereocenters. The van der Waals surface area contributed by atoms with Crippen molar-refractivity contribution in [2.24, 2.45) is 10.4 Å². The van der Waals surface area contributed by atoms with Crippen LogP contribution < -0.4 is 0 Å². The summed E-state index contributed by atoms with van der Waals surface area (Å²) >= 11 is 0. The lowest BCUT2D eigenvalue weighted by molar-refractivity contribution is 0.584. The van der Waals surface area contributed by atoms with E-state index >= 15 is 0 Å². The molecule has 0 heterocycles. The van der Waals surface area contributed by atoms with Crippen LogP contribution in [0.4, 0.5) is 0 Å². The van der Waals surface area contributed by atoms with Crippen LogP contribution in [0.15, 0.2) is 35.3 Å². The fourth-order valence-corrected chi connectivity index (χ4v) is 1.56.